The van der Waals surface area contributed by atoms with Crippen molar-refractivity contribution in [2.45, 2.75) is 34.6 Å². The van der Waals surface area contributed by atoms with Gasteiger partial charge in [0.15, 0.2) is 5.78 Å². The molecule has 0 aliphatic rings. The van der Waals surface area contributed by atoms with Crippen LogP contribution in [0.5, 0.6) is 0 Å². The SMILES string of the molecule is Cc1c(C)c(C)c(C(=O)C(=Cc2ccccc2)c2ccccc2)c(C)c1C. The van der Waals surface area contributed by atoms with Crippen molar-refractivity contribution < 1.29 is 4.79 Å². The molecule has 0 fully saturated rings. The highest BCUT2D eigenvalue weighted by molar-refractivity contribution is 6.33. The van der Waals surface area contributed by atoms with Gasteiger partial charge in [-0.25, -0.2) is 0 Å². The van der Waals surface area contributed by atoms with Crippen LogP contribution < -0.4 is 0 Å². The van der Waals surface area contributed by atoms with Crippen LogP contribution >= 0.6 is 0 Å². The molecule has 0 heterocycles. The zero-order valence-electron chi connectivity index (χ0n) is 16.8. The van der Waals surface area contributed by atoms with Crippen molar-refractivity contribution in [2.75, 3.05) is 0 Å². The monoisotopic (exact) mass is 354 g/mol. The Morgan fingerprint density at radius 2 is 1.07 bits per heavy atom. The minimum atomic E-state index is 0.0891. The summed E-state index contributed by atoms with van der Waals surface area (Å²) < 4.78 is 0. The van der Waals surface area contributed by atoms with Crippen LogP contribution in [0.2, 0.25) is 0 Å². The van der Waals surface area contributed by atoms with Gasteiger partial charge in [-0.2, -0.15) is 0 Å². The Hall–Kier alpha value is -2.93. The molecule has 0 aliphatic carbocycles. The largest absolute Gasteiger partial charge is 0.289 e. The summed E-state index contributed by atoms with van der Waals surface area (Å²) in [4.78, 5) is 13.7. The first-order chi connectivity index (χ1) is 12.9. The van der Waals surface area contributed by atoms with Crippen LogP contribution in [0.1, 0.15) is 49.3 Å². The third-order valence-corrected chi connectivity index (χ3v) is 5.67. The molecule has 1 heteroatoms. The summed E-state index contributed by atoms with van der Waals surface area (Å²) in [5.74, 6) is 0.0891. The van der Waals surface area contributed by atoms with Gasteiger partial charge in [-0.05, 0) is 79.6 Å². The maximum atomic E-state index is 13.7. The zero-order valence-corrected chi connectivity index (χ0v) is 16.8. The lowest BCUT2D eigenvalue weighted by atomic mass is 9.84. The fourth-order valence-electron chi connectivity index (χ4n) is 3.59. The quantitative estimate of drug-likeness (QED) is 0.291. The minimum Gasteiger partial charge on any atom is -0.289 e. The van der Waals surface area contributed by atoms with Crippen molar-refractivity contribution in [3.05, 3.63) is 105 Å². The standard InChI is InChI=1S/C26H26O/c1-17-18(2)20(4)25(21(5)19(17)3)26(27)24(23-14-10-7-11-15-23)16-22-12-8-6-9-13-22/h6-16H,1-5H3. The Balaban J connectivity index is 2.23. The molecule has 27 heavy (non-hydrogen) atoms. The summed E-state index contributed by atoms with van der Waals surface area (Å²) in [6.45, 7) is 10.5. The molecule has 0 spiro atoms. The molecule has 0 N–H and O–H groups in total. The van der Waals surface area contributed by atoms with Gasteiger partial charge >= 0.3 is 0 Å². The van der Waals surface area contributed by atoms with Crippen LogP contribution in [-0.2, 0) is 0 Å². The van der Waals surface area contributed by atoms with Crippen LogP contribution in [0.25, 0.3) is 11.6 Å². The summed E-state index contributed by atoms with van der Waals surface area (Å²) in [7, 11) is 0. The van der Waals surface area contributed by atoms with Crippen LogP contribution in [0.4, 0.5) is 0 Å². The minimum absolute atomic E-state index is 0.0891. The maximum absolute atomic E-state index is 13.7. The molecule has 0 saturated heterocycles. The Morgan fingerprint density at radius 3 is 1.59 bits per heavy atom. The number of Topliss-reactive ketones (excluding diaryl/α,β-unsaturated/α-hetero) is 1. The van der Waals surface area contributed by atoms with Gasteiger partial charge < -0.3 is 0 Å². The highest BCUT2D eigenvalue weighted by atomic mass is 16.1. The van der Waals surface area contributed by atoms with E-state index >= 15 is 0 Å². The first-order valence-corrected chi connectivity index (χ1v) is 9.35. The molecule has 0 aliphatic heterocycles. The lowest BCUT2D eigenvalue weighted by Crippen LogP contribution is -2.11. The number of allylic oxidation sites excluding steroid dienone is 1. The van der Waals surface area contributed by atoms with E-state index in [1.54, 1.807) is 0 Å². The van der Waals surface area contributed by atoms with E-state index in [2.05, 4.69) is 34.6 Å². The van der Waals surface area contributed by atoms with Crippen molar-refractivity contribution in [1.82, 2.24) is 0 Å². The molecule has 0 radical (unpaired) electrons. The lowest BCUT2D eigenvalue weighted by Gasteiger charge is -2.19. The predicted molar refractivity (Wildman–Crippen MR) is 115 cm³/mol. The third-order valence-electron chi connectivity index (χ3n) is 5.67. The van der Waals surface area contributed by atoms with E-state index in [9.17, 15) is 4.79 Å². The Morgan fingerprint density at radius 1 is 0.630 bits per heavy atom. The number of benzene rings is 3. The van der Waals surface area contributed by atoms with Gasteiger partial charge in [-0.15, -0.1) is 0 Å². The normalized spacial score (nSPS) is 11.5. The molecule has 0 unspecified atom stereocenters. The van der Waals surface area contributed by atoms with Crippen molar-refractivity contribution in [3.63, 3.8) is 0 Å². The van der Waals surface area contributed by atoms with E-state index in [0.29, 0.717) is 0 Å². The predicted octanol–water partition coefficient (Wildman–Crippen LogP) is 6.65. The number of carbonyl (C=O) groups excluding carboxylic acids is 1. The molecule has 1 nitrogen and oxygen atoms in total. The number of hydrogen-bond donors (Lipinski definition) is 0. The molecule has 3 aromatic carbocycles. The van der Waals surface area contributed by atoms with E-state index in [4.69, 9.17) is 0 Å². The fraction of sp³-hybridized carbons (Fsp3) is 0.192. The smallest absolute Gasteiger partial charge is 0.194 e. The van der Waals surface area contributed by atoms with Gasteiger partial charge in [0.25, 0.3) is 0 Å². The Kier molecular flexibility index (Phi) is 5.41. The van der Waals surface area contributed by atoms with Gasteiger partial charge in [-0.3, -0.25) is 4.79 Å². The van der Waals surface area contributed by atoms with Crippen molar-refractivity contribution in [3.8, 4) is 0 Å². The van der Waals surface area contributed by atoms with Crippen LogP contribution in [-0.4, -0.2) is 5.78 Å². The average molecular weight is 354 g/mol. The van der Waals surface area contributed by atoms with E-state index in [-0.39, 0.29) is 5.78 Å². The maximum Gasteiger partial charge on any atom is 0.194 e. The highest BCUT2D eigenvalue weighted by Gasteiger charge is 2.22. The van der Waals surface area contributed by atoms with Crippen molar-refractivity contribution >= 4 is 17.4 Å². The average Bonchev–Trinajstić information content (AvgIpc) is 2.70. The molecule has 0 atom stereocenters. The number of hydrogen-bond acceptors (Lipinski definition) is 1. The molecule has 3 aromatic rings. The fourth-order valence-corrected chi connectivity index (χ4v) is 3.59. The number of rotatable bonds is 4. The summed E-state index contributed by atoms with van der Waals surface area (Å²) in [6.07, 6.45) is 2.00. The first kappa shape index (κ1) is 18.8. The summed E-state index contributed by atoms with van der Waals surface area (Å²) in [6, 6.07) is 20.0. The summed E-state index contributed by atoms with van der Waals surface area (Å²) in [5.41, 5.74) is 9.38. The van der Waals surface area contributed by atoms with E-state index in [1.165, 1.54) is 16.7 Å². The van der Waals surface area contributed by atoms with E-state index < -0.39 is 0 Å². The van der Waals surface area contributed by atoms with Gasteiger partial charge in [0.05, 0.1) is 0 Å². The second-order valence-corrected chi connectivity index (χ2v) is 7.16. The molecular weight excluding hydrogens is 328 g/mol. The first-order valence-electron chi connectivity index (χ1n) is 9.35. The highest BCUT2D eigenvalue weighted by Crippen LogP contribution is 2.31. The zero-order chi connectivity index (χ0) is 19.6. The molecule has 0 amide bonds. The van der Waals surface area contributed by atoms with E-state index in [1.807, 2.05) is 66.7 Å². The van der Waals surface area contributed by atoms with Crippen LogP contribution in [0, 0.1) is 34.6 Å². The number of carbonyl (C=O) groups is 1. The molecule has 3 rings (SSSR count). The molecular formula is C26H26O. The molecule has 0 saturated carbocycles. The van der Waals surface area contributed by atoms with Gasteiger partial charge in [-0.1, -0.05) is 60.7 Å². The van der Waals surface area contributed by atoms with Crippen molar-refractivity contribution in [2.24, 2.45) is 0 Å². The second-order valence-electron chi connectivity index (χ2n) is 7.16. The van der Waals surface area contributed by atoms with Gasteiger partial charge in [0.1, 0.15) is 0 Å². The van der Waals surface area contributed by atoms with Crippen LogP contribution in [0.15, 0.2) is 60.7 Å². The Bertz CT molecular complexity index is 980. The van der Waals surface area contributed by atoms with Crippen LogP contribution in [0.3, 0.4) is 0 Å². The topological polar surface area (TPSA) is 17.1 Å². The number of ketones is 1. The molecule has 0 bridgehead atoms. The van der Waals surface area contributed by atoms with E-state index in [0.717, 1.165) is 33.4 Å². The third kappa shape index (κ3) is 3.64. The summed E-state index contributed by atoms with van der Waals surface area (Å²) in [5, 5.41) is 0. The lowest BCUT2D eigenvalue weighted by molar-refractivity contribution is 0.105. The van der Waals surface area contributed by atoms with Gasteiger partial charge in [0.2, 0.25) is 0 Å². The second kappa shape index (κ2) is 7.75. The van der Waals surface area contributed by atoms with Gasteiger partial charge in [0, 0.05) is 11.1 Å². The van der Waals surface area contributed by atoms with Crippen molar-refractivity contribution in [1.29, 1.82) is 0 Å². The molecule has 0 aromatic heterocycles. The Labute approximate surface area is 162 Å². The molecule has 136 valence electrons. The summed E-state index contributed by atoms with van der Waals surface area (Å²) >= 11 is 0.